The molecule has 120 valence electrons. The maximum atomic E-state index is 12.3. The van der Waals surface area contributed by atoms with Crippen molar-refractivity contribution >= 4 is 34.8 Å². The second-order valence-corrected chi connectivity index (χ2v) is 6.11. The molecular weight excluding hydrogens is 312 g/mol. The minimum absolute atomic E-state index is 0.0936. The Hall–Kier alpha value is -2.04. The predicted octanol–water partition coefficient (Wildman–Crippen LogP) is 3.90. The number of carbonyl (C=O) groups excluding carboxylic acids is 1. The number of carbonyl (C=O) groups is 1. The molecule has 1 aromatic heterocycles. The first-order chi connectivity index (χ1) is 11.0. The van der Waals surface area contributed by atoms with Crippen molar-refractivity contribution in [2.45, 2.75) is 20.4 Å². The average Bonchev–Trinajstić information content (AvgIpc) is 2.95. The first kappa shape index (κ1) is 15.8. The van der Waals surface area contributed by atoms with E-state index in [2.05, 4.69) is 29.8 Å². The van der Waals surface area contributed by atoms with Gasteiger partial charge in [0.25, 0.3) is 5.91 Å². The monoisotopic (exact) mass is 330 g/mol. The lowest BCUT2D eigenvalue weighted by Crippen LogP contribution is -2.07. The van der Waals surface area contributed by atoms with Crippen LogP contribution < -0.4 is 5.32 Å². The van der Waals surface area contributed by atoms with Gasteiger partial charge in [-0.1, -0.05) is 17.7 Å². The molecule has 0 unspecified atom stereocenters. The Balaban J connectivity index is 2.01. The fourth-order valence-corrected chi connectivity index (χ4v) is 3.14. The highest BCUT2D eigenvalue weighted by Gasteiger charge is 2.24. The van der Waals surface area contributed by atoms with Crippen LogP contribution in [0.15, 0.2) is 24.3 Å². The van der Waals surface area contributed by atoms with E-state index < -0.39 is 0 Å². The maximum Gasteiger partial charge on any atom is 0.256 e. The molecule has 4 nitrogen and oxygen atoms in total. The van der Waals surface area contributed by atoms with E-state index in [0.717, 1.165) is 34.7 Å². The first-order valence-electron chi connectivity index (χ1n) is 7.50. The fourth-order valence-electron chi connectivity index (χ4n) is 2.97. The normalized spacial score (nSPS) is 15.1. The topological polar surface area (TPSA) is 43.3 Å². The molecule has 1 aromatic carbocycles. The van der Waals surface area contributed by atoms with E-state index in [1.165, 1.54) is 0 Å². The number of anilines is 1. The van der Waals surface area contributed by atoms with Gasteiger partial charge in [-0.05, 0) is 43.7 Å². The summed E-state index contributed by atoms with van der Waals surface area (Å²) in [6.45, 7) is 5.59. The van der Waals surface area contributed by atoms with Crippen LogP contribution in [0.5, 0.6) is 0 Å². The average molecular weight is 331 g/mol. The summed E-state index contributed by atoms with van der Waals surface area (Å²) >= 11 is 5.99. The molecule has 1 amide bonds. The van der Waals surface area contributed by atoms with Crippen molar-refractivity contribution < 1.29 is 9.53 Å². The lowest BCUT2D eigenvalue weighted by Gasteiger charge is -2.08. The maximum absolute atomic E-state index is 12.3. The Bertz CT molecular complexity index is 806. The molecule has 5 heteroatoms. The van der Waals surface area contributed by atoms with Crippen LogP contribution in [0.1, 0.15) is 22.5 Å². The summed E-state index contributed by atoms with van der Waals surface area (Å²) in [5, 5.41) is 3.48. The quantitative estimate of drug-likeness (QED) is 0.864. The zero-order valence-electron chi connectivity index (χ0n) is 13.4. The summed E-state index contributed by atoms with van der Waals surface area (Å²) < 4.78 is 7.36. The summed E-state index contributed by atoms with van der Waals surface area (Å²) in [6, 6.07) is 7.55. The number of benzene rings is 1. The zero-order chi connectivity index (χ0) is 16.6. The predicted molar refractivity (Wildman–Crippen MR) is 93.7 cm³/mol. The molecule has 0 radical (unpaired) electrons. The van der Waals surface area contributed by atoms with E-state index in [4.69, 9.17) is 16.3 Å². The highest BCUT2D eigenvalue weighted by atomic mass is 35.5. The molecule has 1 aliphatic rings. The molecule has 1 aliphatic heterocycles. The number of nitrogens with zero attached hydrogens (tertiary/aromatic N) is 1. The van der Waals surface area contributed by atoms with Gasteiger partial charge in [-0.2, -0.15) is 0 Å². The number of hydrogen-bond acceptors (Lipinski definition) is 2. The fraction of sp³-hybridized carbons (Fsp3) is 0.278. The number of aromatic nitrogens is 1. The molecule has 23 heavy (non-hydrogen) atoms. The summed E-state index contributed by atoms with van der Waals surface area (Å²) in [5.41, 5.74) is 5.65. The first-order valence-corrected chi connectivity index (χ1v) is 7.87. The van der Waals surface area contributed by atoms with Gasteiger partial charge < -0.3 is 14.6 Å². The number of halogens is 1. The molecule has 2 aromatic rings. The number of ether oxygens (including phenoxy) is 1. The van der Waals surface area contributed by atoms with Crippen LogP contribution in [-0.4, -0.2) is 24.2 Å². The van der Waals surface area contributed by atoms with Crippen molar-refractivity contribution in [3.05, 3.63) is 51.8 Å². The summed E-state index contributed by atoms with van der Waals surface area (Å²) in [7, 11) is 1.70. The number of amides is 1. The lowest BCUT2D eigenvalue weighted by molar-refractivity contribution is -0.110. The number of nitrogens with one attached hydrogen (secondary N) is 1. The van der Waals surface area contributed by atoms with Gasteiger partial charge in [0, 0.05) is 41.2 Å². The molecular formula is C18H19ClN2O2. The molecule has 0 bridgehead atoms. The van der Waals surface area contributed by atoms with Crippen LogP contribution in [0.4, 0.5) is 5.69 Å². The molecule has 0 spiro atoms. The summed E-state index contributed by atoms with van der Waals surface area (Å²) in [6.07, 6.45) is 1.95. The highest BCUT2D eigenvalue weighted by Crippen LogP contribution is 2.35. The van der Waals surface area contributed by atoms with Gasteiger partial charge in [-0.3, -0.25) is 4.79 Å². The SMILES string of the molecule is COCCn1c(C)cc(C=C2C(=O)Nc3cc(Cl)ccc32)c1C. The Morgan fingerprint density at radius 2 is 2.09 bits per heavy atom. The molecule has 0 saturated carbocycles. The summed E-state index contributed by atoms with van der Waals surface area (Å²) in [5.74, 6) is -0.0936. The van der Waals surface area contributed by atoms with Crippen molar-refractivity contribution in [3.63, 3.8) is 0 Å². The van der Waals surface area contributed by atoms with E-state index in [9.17, 15) is 4.79 Å². The van der Waals surface area contributed by atoms with E-state index in [1.54, 1.807) is 19.2 Å². The van der Waals surface area contributed by atoms with Gasteiger partial charge in [0.15, 0.2) is 0 Å². The standard InChI is InChI=1S/C18H19ClN2O2/c1-11-8-13(12(2)21(11)6-7-23-3)9-16-15-5-4-14(19)10-17(15)20-18(16)22/h4-5,8-10H,6-7H2,1-3H3,(H,20,22). The van der Waals surface area contributed by atoms with Crippen LogP contribution in [0.25, 0.3) is 11.6 Å². The number of aryl methyl sites for hydroxylation is 1. The van der Waals surface area contributed by atoms with E-state index >= 15 is 0 Å². The van der Waals surface area contributed by atoms with Crippen LogP contribution in [0.2, 0.25) is 5.02 Å². The van der Waals surface area contributed by atoms with Crippen LogP contribution in [0.3, 0.4) is 0 Å². The Morgan fingerprint density at radius 1 is 1.30 bits per heavy atom. The smallest absolute Gasteiger partial charge is 0.256 e. The number of hydrogen-bond donors (Lipinski definition) is 1. The molecule has 0 saturated heterocycles. The second kappa shape index (κ2) is 6.22. The van der Waals surface area contributed by atoms with Gasteiger partial charge in [-0.15, -0.1) is 0 Å². The zero-order valence-corrected chi connectivity index (χ0v) is 14.2. The number of fused-ring (bicyclic) bond motifs is 1. The van der Waals surface area contributed by atoms with Crippen LogP contribution in [-0.2, 0) is 16.1 Å². The minimum atomic E-state index is -0.0936. The number of rotatable bonds is 4. The van der Waals surface area contributed by atoms with Gasteiger partial charge >= 0.3 is 0 Å². The highest BCUT2D eigenvalue weighted by molar-refractivity contribution is 6.36. The Labute approximate surface area is 140 Å². The van der Waals surface area contributed by atoms with Crippen molar-refractivity contribution in [3.8, 4) is 0 Å². The number of methoxy groups -OCH3 is 1. The Kier molecular flexibility index (Phi) is 4.28. The third-order valence-corrected chi connectivity index (χ3v) is 4.43. The van der Waals surface area contributed by atoms with Crippen molar-refractivity contribution in [1.82, 2.24) is 4.57 Å². The van der Waals surface area contributed by atoms with E-state index in [-0.39, 0.29) is 5.91 Å². The van der Waals surface area contributed by atoms with Crippen LogP contribution >= 0.6 is 11.6 Å². The second-order valence-electron chi connectivity index (χ2n) is 5.67. The molecule has 0 fully saturated rings. The summed E-state index contributed by atoms with van der Waals surface area (Å²) in [4.78, 5) is 12.3. The van der Waals surface area contributed by atoms with E-state index in [1.807, 2.05) is 12.1 Å². The van der Waals surface area contributed by atoms with Crippen LogP contribution in [0, 0.1) is 13.8 Å². The van der Waals surface area contributed by atoms with Crippen molar-refractivity contribution in [2.24, 2.45) is 0 Å². The van der Waals surface area contributed by atoms with Gasteiger partial charge in [-0.25, -0.2) is 0 Å². The third kappa shape index (κ3) is 2.92. The molecule has 0 aliphatic carbocycles. The van der Waals surface area contributed by atoms with Crippen molar-refractivity contribution in [2.75, 3.05) is 19.0 Å². The largest absolute Gasteiger partial charge is 0.383 e. The van der Waals surface area contributed by atoms with Gasteiger partial charge in [0.1, 0.15) is 0 Å². The third-order valence-electron chi connectivity index (χ3n) is 4.20. The van der Waals surface area contributed by atoms with Gasteiger partial charge in [0.05, 0.1) is 12.3 Å². The minimum Gasteiger partial charge on any atom is -0.383 e. The van der Waals surface area contributed by atoms with E-state index in [0.29, 0.717) is 17.2 Å². The molecule has 3 rings (SSSR count). The molecule has 1 N–H and O–H groups in total. The Morgan fingerprint density at radius 3 is 2.83 bits per heavy atom. The van der Waals surface area contributed by atoms with Gasteiger partial charge in [0.2, 0.25) is 0 Å². The molecule has 2 heterocycles. The molecule has 0 atom stereocenters. The van der Waals surface area contributed by atoms with Crippen molar-refractivity contribution in [1.29, 1.82) is 0 Å². The lowest BCUT2D eigenvalue weighted by atomic mass is 10.0.